The van der Waals surface area contributed by atoms with Gasteiger partial charge in [-0.15, -0.1) is 0 Å². The number of piperidine rings is 1. The minimum absolute atomic E-state index is 0.0517. The number of amides is 1. The number of nitrogens with zero attached hydrogens (tertiary/aromatic N) is 4. The second kappa shape index (κ2) is 7.80. The van der Waals surface area contributed by atoms with Gasteiger partial charge < -0.3 is 9.88 Å². The average Bonchev–Trinajstić information content (AvgIpc) is 3.20. The van der Waals surface area contributed by atoms with E-state index in [1.165, 1.54) is 0 Å². The van der Waals surface area contributed by atoms with Crippen LogP contribution in [-0.4, -0.2) is 43.6 Å². The van der Waals surface area contributed by atoms with E-state index in [-0.39, 0.29) is 17.4 Å². The van der Waals surface area contributed by atoms with Crippen LogP contribution < -0.4 is 5.56 Å². The summed E-state index contributed by atoms with van der Waals surface area (Å²) in [5.74, 6) is 0.905. The summed E-state index contributed by atoms with van der Waals surface area (Å²) in [7, 11) is 0. The molecule has 0 unspecified atom stereocenters. The van der Waals surface area contributed by atoms with Gasteiger partial charge in [-0.3, -0.25) is 14.3 Å². The molecule has 1 aliphatic heterocycles. The van der Waals surface area contributed by atoms with Crippen molar-refractivity contribution in [3.63, 3.8) is 0 Å². The number of carbonyl (C=O) groups excluding carboxylic acids is 1. The molecule has 0 bridgehead atoms. The molecule has 0 spiro atoms. The zero-order valence-electron chi connectivity index (χ0n) is 15.8. The van der Waals surface area contributed by atoms with Crippen LogP contribution in [0.3, 0.4) is 0 Å². The molecular weight excluding hydrogens is 354 g/mol. The molecule has 2 aromatic heterocycles. The molecule has 28 heavy (non-hydrogen) atoms. The Balaban J connectivity index is 1.42. The number of H-pyrrole nitrogens is 1. The molecule has 1 fully saturated rings. The first kappa shape index (κ1) is 18.2. The van der Waals surface area contributed by atoms with Crippen molar-refractivity contribution in [3.8, 4) is 0 Å². The first-order valence-corrected chi connectivity index (χ1v) is 9.52. The van der Waals surface area contributed by atoms with Gasteiger partial charge >= 0.3 is 0 Å². The molecule has 1 N–H and O–H groups in total. The van der Waals surface area contributed by atoms with Crippen molar-refractivity contribution in [1.29, 1.82) is 0 Å². The molecule has 0 saturated carbocycles. The molecule has 3 heterocycles. The lowest BCUT2D eigenvalue weighted by Gasteiger charge is -2.32. The molecule has 1 aliphatic rings. The summed E-state index contributed by atoms with van der Waals surface area (Å²) >= 11 is 0. The van der Waals surface area contributed by atoms with Crippen molar-refractivity contribution < 1.29 is 4.79 Å². The number of carbonyl (C=O) groups is 1. The number of aromatic nitrogens is 4. The van der Waals surface area contributed by atoms with Crippen LogP contribution in [-0.2, 0) is 6.54 Å². The van der Waals surface area contributed by atoms with Gasteiger partial charge in [0.15, 0.2) is 0 Å². The molecule has 0 radical (unpaired) electrons. The van der Waals surface area contributed by atoms with Gasteiger partial charge in [-0.1, -0.05) is 12.1 Å². The van der Waals surface area contributed by atoms with Gasteiger partial charge in [-0.05, 0) is 43.5 Å². The molecule has 1 saturated heterocycles. The van der Waals surface area contributed by atoms with Crippen molar-refractivity contribution in [2.45, 2.75) is 32.2 Å². The van der Waals surface area contributed by atoms with Crippen LogP contribution in [0.15, 0.2) is 53.6 Å². The fraction of sp³-hybridized carbons (Fsp3) is 0.333. The molecule has 7 heteroatoms. The van der Waals surface area contributed by atoms with Gasteiger partial charge in [-0.25, -0.2) is 4.98 Å². The lowest BCUT2D eigenvalue weighted by Crippen LogP contribution is -2.38. The van der Waals surface area contributed by atoms with Crippen LogP contribution in [0.25, 0.3) is 0 Å². The molecule has 7 nitrogen and oxygen atoms in total. The number of benzene rings is 1. The summed E-state index contributed by atoms with van der Waals surface area (Å²) in [6, 6.07) is 11.2. The van der Waals surface area contributed by atoms with Crippen LogP contribution in [0.1, 0.15) is 46.2 Å². The Morgan fingerprint density at radius 3 is 2.75 bits per heavy atom. The minimum atomic E-state index is -0.116. The van der Waals surface area contributed by atoms with E-state index in [0.29, 0.717) is 31.0 Å². The number of hydrogen-bond acceptors (Lipinski definition) is 4. The molecule has 0 atom stereocenters. The third-order valence-corrected chi connectivity index (χ3v) is 5.16. The number of aromatic amines is 1. The van der Waals surface area contributed by atoms with E-state index in [2.05, 4.69) is 15.1 Å². The molecular formula is C21H23N5O2. The molecule has 1 amide bonds. The second-order valence-corrected chi connectivity index (χ2v) is 7.23. The van der Waals surface area contributed by atoms with E-state index in [4.69, 9.17) is 0 Å². The van der Waals surface area contributed by atoms with E-state index in [1.54, 1.807) is 19.2 Å². The largest absolute Gasteiger partial charge is 0.339 e. The van der Waals surface area contributed by atoms with Gasteiger partial charge in [0.25, 0.3) is 11.5 Å². The number of likely N-dealkylation sites (tertiary alicyclic amines) is 1. The quantitative estimate of drug-likeness (QED) is 0.756. The predicted octanol–water partition coefficient (Wildman–Crippen LogP) is 2.34. The molecule has 144 valence electrons. The van der Waals surface area contributed by atoms with Crippen molar-refractivity contribution in [2.75, 3.05) is 13.1 Å². The van der Waals surface area contributed by atoms with E-state index < -0.39 is 0 Å². The van der Waals surface area contributed by atoms with E-state index in [1.807, 2.05) is 46.1 Å². The van der Waals surface area contributed by atoms with Crippen LogP contribution in [0.4, 0.5) is 0 Å². The number of rotatable bonds is 4. The zero-order chi connectivity index (χ0) is 19.5. The Hall–Kier alpha value is -3.22. The third-order valence-electron chi connectivity index (χ3n) is 5.16. The molecule has 4 rings (SSSR count). The van der Waals surface area contributed by atoms with Crippen LogP contribution in [0.2, 0.25) is 0 Å². The van der Waals surface area contributed by atoms with Crippen molar-refractivity contribution in [1.82, 2.24) is 24.6 Å². The van der Waals surface area contributed by atoms with Gasteiger partial charge in [0, 0.05) is 43.0 Å². The fourth-order valence-electron chi connectivity index (χ4n) is 3.76. The maximum absolute atomic E-state index is 12.9. The van der Waals surface area contributed by atoms with Crippen molar-refractivity contribution in [3.05, 3.63) is 81.8 Å². The summed E-state index contributed by atoms with van der Waals surface area (Å²) in [4.78, 5) is 33.7. The Kier molecular flexibility index (Phi) is 5.06. The highest BCUT2D eigenvalue weighted by Gasteiger charge is 2.25. The Morgan fingerprint density at radius 2 is 2.04 bits per heavy atom. The highest BCUT2D eigenvalue weighted by molar-refractivity contribution is 5.94. The minimum Gasteiger partial charge on any atom is -0.339 e. The third kappa shape index (κ3) is 4.03. The molecule has 1 aromatic carbocycles. The zero-order valence-corrected chi connectivity index (χ0v) is 15.8. The smallest absolute Gasteiger partial charge is 0.253 e. The Labute approximate surface area is 163 Å². The molecule has 3 aromatic rings. The van der Waals surface area contributed by atoms with Gasteiger partial charge in [0.05, 0.1) is 12.2 Å². The van der Waals surface area contributed by atoms with Crippen molar-refractivity contribution >= 4 is 5.91 Å². The highest BCUT2D eigenvalue weighted by Crippen LogP contribution is 2.27. The monoisotopic (exact) mass is 377 g/mol. The Morgan fingerprint density at radius 1 is 1.21 bits per heavy atom. The predicted molar refractivity (Wildman–Crippen MR) is 105 cm³/mol. The number of nitrogens with one attached hydrogen (secondary N) is 1. The van der Waals surface area contributed by atoms with E-state index in [9.17, 15) is 9.59 Å². The van der Waals surface area contributed by atoms with Crippen LogP contribution in [0, 0.1) is 6.92 Å². The SMILES string of the molecule is Cc1nc(C2CCN(C(=O)c3cccc(Cn4cccn4)c3)CC2)cc(=O)[nH]1. The number of aryl methyl sites for hydroxylation is 1. The normalized spacial score (nSPS) is 15.0. The first-order valence-electron chi connectivity index (χ1n) is 9.52. The summed E-state index contributed by atoms with van der Waals surface area (Å²) in [6.07, 6.45) is 5.28. The fourth-order valence-corrected chi connectivity index (χ4v) is 3.76. The summed E-state index contributed by atoms with van der Waals surface area (Å²) < 4.78 is 1.84. The van der Waals surface area contributed by atoms with Gasteiger partial charge in [0.2, 0.25) is 0 Å². The van der Waals surface area contributed by atoms with Crippen LogP contribution in [0.5, 0.6) is 0 Å². The first-order chi connectivity index (χ1) is 13.6. The summed E-state index contributed by atoms with van der Waals surface area (Å²) in [5.41, 5.74) is 2.46. The Bertz CT molecular complexity index is 1020. The summed E-state index contributed by atoms with van der Waals surface area (Å²) in [6.45, 7) is 3.77. The maximum atomic E-state index is 12.9. The van der Waals surface area contributed by atoms with E-state index in [0.717, 1.165) is 24.1 Å². The highest BCUT2D eigenvalue weighted by atomic mass is 16.2. The average molecular weight is 377 g/mol. The van der Waals surface area contributed by atoms with Crippen LogP contribution >= 0.6 is 0 Å². The van der Waals surface area contributed by atoms with Gasteiger partial charge in [0.1, 0.15) is 5.82 Å². The standard InChI is InChI=1S/C21H23N5O2/c1-15-23-19(13-20(27)24-15)17-6-10-25(11-7-17)21(28)18-5-2-4-16(12-18)14-26-9-3-8-22-26/h2-5,8-9,12-13,17H,6-7,10-11,14H2,1H3,(H,23,24,27). The van der Waals surface area contributed by atoms with E-state index >= 15 is 0 Å². The molecule has 0 aliphatic carbocycles. The topological polar surface area (TPSA) is 83.9 Å². The van der Waals surface area contributed by atoms with Gasteiger partial charge in [-0.2, -0.15) is 5.10 Å². The lowest BCUT2D eigenvalue weighted by atomic mass is 9.93. The van der Waals surface area contributed by atoms with Crippen molar-refractivity contribution in [2.24, 2.45) is 0 Å². The summed E-state index contributed by atoms with van der Waals surface area (Å²) in [5, 5.41) is 4.22. The number of hydrogen-bond donors (Lipinski definition) is 1. The second-order valence-electron chi connectivity index (χ2n) is 7.23. The lowest BCUT2D eigenvalue weighted by molar-refractivity contribution is 0.0712. The maximum Gasteiger partial charge on any atom is 0.253 e.